The predicted octanol–water partition coefficient (Wildman–Crippen LogP) is 5.40. The number of hydrogen-bond donors (Lipinski definition) is 0. The van der Waals surface area contributed by atoms with Gasteiger partial charge in [0.05, 0.1) is 0 Å². The van der Waals surface area contributed by atoms with Crippen LogP contribution in [0.1, 0.15) is 107 Å². The summed E-state index contributed by atoms with van der Waals surface area (Å²) in [5, 5.41) is 0. The van der Waals surface area contributed by atoms with Crippen LogP contribution in [0.4, 0.5) is 0 Å². The molecule has 0 aromatic rings. The van der Waals surface area contributed by atoms with E-state index >= 15 is 0 Å². The zero-order valence-corrected chi connectivity index (χ0v) is 31.3. The third-order valence-corrected chi connectivity index (χ3v) is 13.2. The van der Waals surface area contributed by atoms with Crippen molar-refractivity contribution >= 4 is 53.4 Å². The van der Waals surface area contributed by atoms with E-state index in [1.54, 1.807) is 27.7 Å². The van der Waals surface area contributed by atoms with Crippen LogP contribution in [0.15, 0.2) is 0 Å². The Hall–Kier alpha value is 1.56. The molecule has 0 aliphatic heterocycles. The van der Waals surface area contributed by atoms with Crippen molar-refractivity contribution in [1.29, 1.82) is 0 Å². The fourth-order valence-electron chi connectivity index (χ4n) is 2.23. The van der Waals surface area contributed by atoms with Gasteiger partial charge in [0, 0.05) is 29.5 Å². The van der Waals surface area contributed by atoms with E-state index < -0.39 is 29.5 Å². The third kappa shape index (κ3) is 42.2. The molecule has 37 heavy (non-hydrogen) atoms. The van der Waals surface area contributed by atoms with Crippen molar-refractivity contribution in [3.8, 4) is 0 Å². The van der Waals surface area contributed by atoms with E-state index in [0.29, 0.717) is 49.3 Å². The maximum Gasteiger partial charge on any atom is 4.00 e. The van der Waals surface area contributed by atoms with Gasteiger partial charge in [0.15, 0.2) is 0 Å². The minimum atomic E-state index is -2.94. The summed E-state index contributed by atoms with van der Waals surface area (Å²) in [7, 11) is -11.8. The molecule has 0 heterocycles. The van der Waals surface area contributed by atoms with Gasteiger partial charge in [0.25, 0.3) is 0 Å². The first kappa shape index (κ1) is 48.3. The molecule has 0 fully saturated rings. The molecule has 0 saturated heterocycles. The third-order valence-electron chi connectivity index (χ3n) is 5.34. The monoisotopic (exact) mass is 716 g/mol. The van der Waals surface area contributed by atoms with E-state index in [4.69, 9.17) is 0 Å². The molecule has 0 aromatic carbocycles. The molecule has 0 rings (SSSR count). The van der Waals surface area contributed by atoms with Crippen molar-refractivity contribution in [2.45, 2.75) is 107 Å². The fraction of sp³-hybridized carbons (Fsp3) is 1.00. The molecule has 0 amide bonds. The molecule has 0 radical (unpaired) electrons. The van der Waals surface area contributed by atoms with Crippen LogP contribution in [0, 0.1) is 0 Å². The van der Waals surface area contributed by atoms with E-state index in [1.165, 1.54) is 0 Å². The summed E-state index contributed by atoms with van der Waals surface area (Å²) in [6, 6.07) is 0. The average Bonchev–Trinajstić information content (AvgIpc) is 2.85. The fourth-order valence-corrected chi connectivity index (χ4v) is 6.69. The van der Waals surface area contributed by atoms with Gasteiger partial charge in [-0.1, -0.05) is 81.1 Å². The number of rotatable bonds is 16. The van der Waals surface area contributed by atoms with Crippen LogP contribution >= 0.6 is 29.5 Å². The molecule has 0 aromatic heterocycles. The minimum absolute atomic E-state index is 0. The maximum atomic E-state index is 10.8. The minimum Gasteiger partial charge on any atom is -0.799 e. The molecule has 0 spiro atoms. The summed E-state index contributed by atoms with van der Waals surface area (Å²) in [6.07, 6.45) is 9.92. The molecule has 0 aliphatic rings. The first-order valence-corrected chi connectivity index (χ1v) is 21.6. The van der Waals surface area contributed by atoms with Gasteiger partial charge in [-0.15, -0.1) is 0 Å². The number of hydrogen-bond acceptors (Lipinski definition) is 8. The van der Waals surface area contributed by atoms with Crippen LogP contribution in [0.3, 0.4) is 0 Å². The molecule has 13 heteroatoms. The van der Waals surface area contributed by atoms with Gasteiger partial charge < -0.3 is 37.8 Å². The topological polar surface area (TPSA) is 161 Å². The second-order valence-corrected chi connectivity index (χ2v) is 19.7. The van der Waals surface area contributed by atoms with Crippen LogP contribution in [-0.2, 0) is 18.3 Å². The Morgan fingerprint density at radius 1 is 0.378 bits per heavy atom. The molecule has 0 saturated carbocycles. The van der Waals surface area contributed by atoms with E-state index in [0.717, 1.165) is 51.4 Å². The molecular formula is C24H56O8P4Sn. The van der Waals surface area contributed by atoms with Crippen molar-refractivity contribution in [3.05, 3.63) is 0 Å². The summed E-state index contributed by atoms with van der Waals surface area (Å²) in [5.74, 6) is 0. The maximum absolute atomic E-state index is 10.8. The summed E-state index contributed by atoms with van der Waals surface area (Å²) >= 11 is 0. The Kier molecular flexibility index (Phi) is 37.9. The second kappa shape index (κ2) is 29.1. The Morgan fingerprint density at radius 2 is 0.514 bits per heavy atom. The van der Waals surface area contributed by atoms with Gasteiger partial charge >= 0.3 is 23.9 Å². The molecule has 0 N–H and O–H groups in total. The molecule has 224 valence electrons. The summed E-state index contributed by atoms with van der Waals surface area (Å²) in [4.78, 5) is 43.1. The van der Waals surface area contributed by atoms with Gasteiger partial charge in [-0.25, -0.2) is 0 Å². The second-order valence-electron chi connectivity index (χ2n) is 8.83. The van der Waals surface area contributed by atoms with Gasteiger partial charge in [-0.05, 0) is 75.0 Å². The summed E-state index contributed by atoms with van der Waals surface area (Å²) in [6.45, 7) is 14.8. The van der Waals surface area contributed by atoms with Gasteiger partial charge in [0.1, 0.15) is 0 Å². The molecule has 4 unspecified atom stereocenters. The normalized spacial score (nSPS) is 16.8. The molecule has 4 atom stereocenters. The van der Waals surface area contributed by atoms with Crippen molar-refractivity contribution in [3.63, 3.8) is 0 Å². The van der Waals surface area contributed by atoms with Crippen molar-refractivity contribution in [2.75, 3.05) is 49.3 Å². The van der Waals surface area contributed by atoms with Crippen LogP contribution in [0.2, 0.25) is 0 Å². The zero-order chi connectivity index (χ0) is 29.3. The Bertz CT molecular complexity index is 565. The SMILES string of the molecule is CCCCP(=O)([O-])CC.CCCCP(=O)([O-])CC.CCCCP(=O)([O-])CC.CCCCP(=O)([O-])CC.[Sn+4]. The number of unbranched alkanes of at least 4 members (excludes halogenated alkanes) is 4. The van der Waals surface area contributed by atoms with Crippen molar-refractivity contribution < 1.29 is 37.8 Å². The molecule has 0 aliphatic carbocycles. The quantitative estimate of drug-likeness (QED) is 0.152. The van der Waals surface area contributed by atoms with Crippen LogP contribution < -0.4 is 19.6 Å². The van der Waals surface area contributed by atoms with Gasteiger partial charge in [0.2, 0.25) is 0 Å². The van der Waals surface area contributed by atoms with E-state index in [1.807, 2.05) is 27.7 Å². The van der Waals surface area contributed by atoms with Gasteiger partial charge in [-0.2, -0.15) is 0 Å². The summed E-state index contributed by atoms with van der Waals surface area (Å²) < 4.78 is 43.1. The van der Waals surface area contributed by atoms with Crippen molar-refractivity contribution in [2.24, 2.45) is 0 Å². The Morgan fingerprint density at radius 3 is 0.595 bits per heavy atom. The largest absolute Gasteiger partial charge is 4.00 e. The summed E-state index contributed by atoms with van der Waals surface area (Å²) in [5.41, 5.74) is 0. The van der Waals surface area contributed by atoms with Crippen LogP contribution in [0.5, 0.6) is 0 Å². The van der Waals surface area contributed by atoms with E-state index in [9.17, 15) is 37.8 Å². The van der Waals surface area contributed by atoms with E-state index in [-0.39, 0.29) is 23.9 Å². The van der Waals surface area contributed by atoms with Gasteiger partial charge in [-0.3, -0.25) is 0 Å². The molecule has 0 bridgehead atoms. The first-order valence-electron chi connectivity index (χ1n) is 13.6. The molecule has 8 nitrogen and oxygen atoms in total. The first-order chi connectivity index (χ1) is 16.5. The Labute approximate surface area is 246 Å². The van der Waals surface area contributed by atoms with Crippen LogP contribution in [-0.4, -0.2) is 73.2 Å². The van der Waals surface area contributed by atoms with Crippen LogP contribution in [0.25, 0.3) is 0 Å². The molecular weight excluding hydrogens is 659 g/mol. The van der Waals surface area contributed by atoms with E-state index in [2.05, 4.69) is 0 Å². The predicted molar refractivity (Wildman–Crippen MR) is 157 cm³/mol. The Balaban J connectivity index is -0.000000122. The van der Waals surface area contributed by atoms with Crippen molar-refractivity contribution in [1.82, 2.24) is 0 Å². The average molecular weight is 715 g/mol. The smallest absolute Gasteiger partial charge is 0.799 e. The standard InChI is InChI=1S/4C6H15O2P.Sn/c4*1-3-5-6-9(7,8)4-2;/h4*3-6H2,1-2H3,(H,7,8);/q;;;;+4/p-4. The zero-order valence-electron chi connectivity index (χ0n) is 24.9.